The van der Waals surface area contributed by atoms with Gasteiger partial charge in [-0.1, -0.05) is 33.1 Å². The SMILES string of the molecule is [B]C(F)C(CC)CCCC. The molecule has 10 heavy (non-hydrogen) atoms. The van der Waals surface area contributed by atoms with Crippen LogP contribution in [0.5, 0.6) is 0 Å². The van der Waals surface area contributed by atoms with E-state index in [9.17, 15) is 4.39 Å². The Bertz CT molecular complexity index is 73.7. The normalized spacial score (nSPS) is 16.7. The predicted molar refractivity (Wildman–Crippen MR) is 44.0 cm³/mol. The Hall–Kier alpha value is -0.00506. The Morgan fingerprint density at radius 1 is 1.40 bits per heavy atom. The van der Waals surface area contributed by atoms with E-state index in [4.69, 9.17) is 7.85 Å². The van der Waals surface area contributed by atoms with Crippen molar-refractivity contribution in [1.82, 2.24) is 0 Å². The van der Waals surface area contributed by atoms with Crippen LogP contribution in [0.4, 0.5) is 4.39 Å². The van der Waals surface area contributed by atoms with Gasteiger partial charge in [-0.3, -0.25) is 4.39 Å². The third-order valence-electron chi connectivity index (χ3n) is 1.90. The lowest BCUT2D eigenvalue weighted by Crippen LogP contribution is -2.14. The second kappa shape index (κ2) is 5.76. The standard InChI is InChI=1S/C8H16BF/c1-3-5-6-7(4-2)8(9)10/h7-8H,3-6H2,1-2H3. The van der Waals surface area contributed by atoms with Gasteiger partial charge in [-0.25, -0.2) is 0 Å². The van der Waals surface area contributed by atoms with Crippen molar-refractivity contribution in [3.05, 3.63) is 0 Å². The lowest BCUT2D eigenvalue weighted by molar-refractivity contribution is 0.288. The highest BCUT2D eigenvalue weighted by molar-refractivity contribution is 6.11. The largest absolute Gasteiger partial charge is 0.258 e. The van der Waals surface area contributed by atoms with Crippen molar-refractivity contribution in [2.45, 2.75) is 45.6 Å². The first-order valence-electron chi connectivity index (χ1n) is 4.12. The lowest BCUT2D eigenvalue weighted by atomic mass is 9.83. The highest BCUT2D eigenvalue weighted by Gasteiger charge is 2.12. The lowest BCUT2D eigenvalue weighted by Gasteiger charge is -2.15. The van der Waals surface area contributed by atoms with E-state index in [1.165, 1.54) is 0 Å². The van der Waals surface area contributed by atoms with Gasteiger partial charge in [-0.15, -0.1) is 0 Å². The van der Waals surface area contributed by atoms with Crippen molar-refractivity contribution in [1.29, 1.82) is 0 Å². The summed E-state index contributed by atoms with van der Waals surface area (Å²) >= 11 is 0. The maximum Gasteiger partial charge on any atom is 0.116 e. The number of halogens is 1. The minimum Gasteiger partial charge on any atom is -0.258 e. The molecule has 2 atom stereocenters. The highest BCUT2D eigenvalue weighted by Crippen LogP contribution is 2.16. The number of hydrogen-bond acceptors (Lipinski definition) is 0. The first-order chi connectivity index (χ1) is 4.72. The quantitative estimate of drug-likeness (QED) is 0.517. The first-order valence-corrected chi connectivity index (χ1v) is 4.12. The molecule has 0 rings (SSSR count). The fourth-order valence-electron chi connectivity index (χ4n) is 1.05. The molecule has 2 radical (unpaired) electrons. The van der Waals surface area contributed by atoms with Crippen LogP contribution < -0.4 is 0 Å². The van der Waals surface area contributed by atoms with Gasteiger partial charge >= 0.3 is 0 Å². The summed E-state index contributed by atoms with van der Waals surface area (Å²) in [4.78, 5) is 0. The summed E-state index contributed by atoms with van der Waals surface area (Å²) in [6.45, 7) is 4.09. The monoisotopic (exact) mass is 142 g/mol. The molecule has 0 aromatic carbocycles. The van der Waals surface area contributed by atoms with Crippen LogP contribution >= 0.6 is 0 Å². The van der Waals surface area contributed by atoms with Crippen LogP contribution in [0.1, 0.15) is 39.5 Å². The molecule has 0 aromatic heterocycles. The molecule has 0 aliphatic heterocycles. The molecule has 0 nitrogen and oxygen atoms in total. The van der Waals surface area contributed by atoms with Gasteiger partial charge in [0.25, 0.3) is 0 Å². The van der Waals surface area contributed by atoms with Gasteiger partial charge in [0.1, 0.15) is 7.85 Å². The van der Waals surface area contributed by atoms with E-state index in [-0.39, 0.29) is 5.92 Å². The summed E-state index contributed by atoms with van der Waals surface area (Å²) in [6.07, 6.45) is 2.90. The van der Waals surface area contributed by atoms with Gasteiger partial charge in [-0.05, 0) is 12.3 Å². The summed E-state index contributed by atoms with van der Waals surface area (Å²) in [5, 5.41) is 0. The van der Waals surface area contributed by atoms with Crippen LogP contribution in [0.3, 0.4) is 0 Å². The number of hydrogen-bond donors (Lipinski definition) is 0. The van der Waals surface area contributed by atoms with E-state index in [0.29, 0.717) is 0 Å². The van der Waals surface area contributed by atoms with E-state index in [1.54, 1.807) is 0 Å². The maximum atomic E-state index is 12.5. The Morgan fingerprint density at radius 3 is 2.30 bits per heavy atom. The van der Waals surface area contributed by atoms with Crippen LogP contribution in [-0.4, -0.2) is 13.9 Å². The summed E-state index contributed by atoms with van der Waals surface area (Å²) in [6, 6.07) is 0. The number of unbranched alkanes of at least 4 members (excludes halogenated alkanes) is 1. The van der Waals surface area contributed by atoms with Gasteiger partial charge in [0.2, 0.25) is 0 Å². The fourth-order valence-corrected chi connectivity index (χ4v) is 1.05. The predicted octanol–water partition coefficient (Wildman–Crippen LogP) is 2.67. The molecule has 0 spiro atoms. The third-order valence-corrected chi connectivity index (χ3v) is 1.90. The topological polar surface area (TPSA) is 0 Å². The van der Waals surface area contributed by atoms with Gasteiger partial charge in [0.15, 0.2) is 0 Å². The van der Waals surface area contributed by atoms with E-state index in [1.807, 2.05) is 6.92 Å². The summed E-state index contributed by atoms with van der Waals surface area (Å²) in [7, 11) is 5.12. The molecule has 0 amide bonds. The minimum absolute atomic E-state index is 0.0833. The molecule has 0 aliphatic rings. The van der Waals surface area contributed by atoms with E-state index in [0.717, 1.165) is 25.7 Å². The van der Waals surface area contributed by atoms with Crippen LogP contribution in [-0.2, 0) is 0 Å². The highest BCUT2D eigenvalue weighted by atomic mass is 19.1. The molecule has 2 unspecified atom stereocenters. The molecule has 0 bridgehead atoms. The summed E-state index contributed by atoms with van der Waals surface area (Å²) in [5.74, 6) is 0.0833. The third kappa shape index (κ3) is 3.92. The molecule has 0 fully saturated rings. The smallest absolute Gasteiger partial charge is 0.116 e. The molecule has 0 saturated carbocycles. The van der Waals surface area contributed by atoms with E-state index < -0.39 is 6.07 Å². The molecule has 0 aromatic rings. The fraction of sp³-hybridized carbons (Fsp3) is 1.00. The zero-order chi connectivity index (χ0) is 7.98. The molecular weight excluding hydrogens is 126 g/mol. The minimum atomic E-state index is -1.11. The van der Waals surface area contributed by atoms with Crippen molar-refractivity contribution in [2.24, 2.45) is 5.92 Å². The molecule has 0 saturated heterocycles. The Morgan fingerprint density at radius 2 is 2.00 bits per heavy atom. The second-order valence-electron chi connectivity index (χ2n) is 2.75. The van der Waals surface area contributed by atoms with Gasteiger partial charge in [0.05, 0.1) is 6.07 Å². The molecular formula is C8H16BF. The van der Waals surface area contributed by atoms with Gasteiger partial charge in [0, 0.05) is 0 Å². The molecule has 0 heterocycles. The van der Waals surface area contributed by atoms with E-state index in [2.05, 4.69) is 6.92 Å². The Kier molecular flexibility index (Phi) is 5.75. The van der Waals surface area contributed by atoms with Crippen LogP contribution in [0.25, 0.3) is 0 Å². The molecule has 0 N–H and O–H groups in total. The molecule has 58 valence electrons. The van der Waals surface area contributed by atoms with Crippen molar-refractivity contribution >= 4 is 7.85 Å². The zero-order valence-electron chi connectivity index (χ0n) is 6.94. The van der Waals surface area contributed by atoms with Crippen molar-refractivity contribution in [2.75, 3.05) is 0 Å². The van der Waals surface area contributed by atoms with Crippen LogP contribution in [0.2, 0.25) is 0 Å². The number of alkyl halides is 1. The van der Waals surface area contributed by atoms with Crippen molar-refractivity contribution in [3.8, 4) is 0 Å². The average Bonchev–Trinajstić information content (AvgIpc) is 1.89. The maximum absolute atomic E-state index is 12.5. The van der Waals surface area contributed by atoms with Crippen LogP contribution in [0.15, 0.2) is 0 Å². The average molecular weight is 142 g/mol. The molecule has 0 aliphatic carbocycles. The second-order valence-corrected chi connectivity index (χ2v) is 2.75. The zero-order valence-corrected chi connectivity index (χ0v) is 6.94. The van der Waals surface area contributed by atoms with Gasteiger partial charge in [-0.2, -0.15) is 0 Å². The molecule has 2 heteroatoms. The Labute approximate surface area is 64.6 Å². The van der Waals surface area contributed by atoms with Gasteiger partial charge < -0.3 is 0 Å². The van der Waals surface area contributed by atoms with Crippen molar-refractivity contribution in [3.63, 3.8) is 0 Å². The summed E-state index contributed by atoms with van der Waals surface area (Å²) in [5.41, 5.74) is 0. The van der Waals surface area contributed by atoms with Crippen LogP contribution in [0, 0.1) is 5.92 Å². The van der Waals surface area contributed by atoms with Crippen molar-refractivity contribution < 1.29 is 4.39 Å². The first kappa shape index (κ1) is 9.99. The number of rotatable bonds is 5. The summed E-state index contributed by atoms with van der Waals surface area (Å²) < 4.78 is 12.5. The van der Waals surface area contributed by atoms with E-state index >= 15 is 0 Å². The Balaban J connectivity index is 3.40.